The molecule has 0 spiro atoms. The fourth-order valence-corrected chi connectivity index (χ4v) is 2.11. The van der Waals surface area contributed by atoms with Crippen molar-refractivity contribution in [3.63, 3.8) is 0 Å². The van der Waals surface area contributed by atoms with Crippen LogP contribution in [0.2, 0.25) is 0 Å². The summed E-state index contributed by atoms with van der Waals surface area (Å²) in [5, 5.41) is 9.57. The van der Waals surface area contributed by atoms with E-state index in [0.717, 1.165) is 4.47 Å². The number of aliphatic hydroxyl groups is 1. The lowest BCUT2D eigenvalue weighted by Crippen LogP contribution is -2.36. The Kier molecular flexibility index (Phi) is 5.58. The Hall–Kier alpha value is -1.11. The summed E-state index contributed by atoms with van der Waals surface area (Å²) in [5.41, 5.74) is 6.67. The van der Waals surface area contributed by atoms with Crippen molar-refractivity contribution in [3.8, 4) is 0 Å². The molecule has 1 unspecified atom stereocenters. The van der Waals surface area contributed by atoms with Crippen LogP contribution in [0.25, 0.3) is 0 Å². The number of likely N-dealkylation sites (N-methyl/N-ethyl adjacent to an activating group) is 1. The van der Waals surface area contributed by atoms with Crippen LogP contribution in [0.5, 0.6) is 0 Å². The largest absolute Gasteiger partial charge is 0.399 e. The number of aliphatic hydroxyl groups excluding tert-OH is 1. The molecule has 1 aromatic carbocycles. The lowest BCUT2D eigenvalue weighted by atomic mass is 10.1. The summed E-state index contributed by atoms with van der Waals surface area (Å²) in [5.74, 6) is -0.196. The third kappa shape index (κ3) is 4.29. The maximum Gasteiger partial charge on any atom is 0.253 e. The number of hydrogen-bond donors (Lipinski definition) is 2. The molecule has 0 aliphatic heterocycles. The number of nitrogens with two attached hydrogens (primary N) is 1. The minimum atomic E-state index is -0.701. The van der Waals surface area contributed by atoms with Crippen LogP contribution in [0.1, 0.15) is 10.4 Å². The van der Waals surface area contributed by atoms with Crippen LogP contribution in [0.4, 0.5) is 5.69 Å². The van der Waals surface area contributed by atoms with Crippen molar-refractivity contribution < 1.29 is 14.6 Å². The number of benzene rings is 1. The van der Waals surface area contributed by atoms with Crippen molar-refractivity contribution in [1.29, 1.82) is 0 Å². The van der Waals surface area contributed by atoms with Crippen LogP contribution >= 0.6 is 15.9 Å². The van der Waals surface area contributed by atoms with Crippen molar-refractivity contribution in [1.82, 2.24) is 4.90 Å². The van der Waals surface area contributed by atoms with E-state index in [2.05, 4.69) is 15.9 Å². The van der Waals surface area contributed by atoms with Gasteiger partial charge in [0.15, 0.2) is 0 Å². The Labute approximate surface area is 115 Å². The molecule has 18 heavy (non-hydrogen) atoms. The molecule has 0 heterocycles. The molecule has 1 rings (SSSR count). The van der Waals surface area contributed by atoms with Gasteiger partial charge in [0.25, 0.3) is 5.91 Å². The van der Waals surface area contributed by atoms with E-state index in [1.807, 2.05) is 0 Å². The number of amides is 1. The van der Waals surface area contributed by atoms with Gasteiger partial charge >= 0.3 is 0 Å². The van der Waals surface area contributed by atoms with E-state index in [0.29, 0.717) is 11.3 Å². The van der Waals surface area contributed by atoms with Gasteiger partial charge in [0.1, 0.15) is 0 Å². The summed E-state index contributed by atoms with van der Waals surface area (Å²) < 4.78 is 5.56. The molecule has 3 N–H and O–H groups in total. The molecule has 100 valence electrons. The number of anilines is 1. The predicted molar refractivity (Wildman–Crippen MR) is 73.4 cm³/mol. The molecule has 1 amide bonds. The average Bonchev–Trinajstić information content (AvgIpc) is 2.26. The molecule has 6 heteroatoms. The topological polar surface area (TPSA) is 75.8 Å². The van der Waals surface area contributed by atoms with Crippen molar-refractivity contribution in [3.05, 3.63) is 28.2 Å². The number of halogens is 1. The number of hydrogen-bond acceptors (Lipinski definition) is 4. The molecule has 0 bridgehead atoms. The number of nitrogens with zero attached hydrogens (tertiary/aromatic N) is 1. The molecule has 0 aliphatic rings. The van der Waals surface area contributed by atoms with Crippen molar-refractivity contribution >= 4 is 27.5 Å². The quantitative estimate of drug-likeness (QED) is 0.798. The highest BCUT2D eigenvalue weighted by Crippen LogP contribution is 2.18. The molecule has 1 aromatic rings. The SMILES string of the molecule is COCC(O)CN(C)C(=O)c1cc(N)cc(Br)c1. The van der Waals surface area contributed by atoms with E-state index in [4.69, 9.17) is 10.5 Å². The van der Waals surface area contributed by atoms with Gasteiger partial charge < -0.3 is 20.5 Å². The highest BCUT2D eigenvalue weighted by atomic mass is 79.9. The highest BCUT2D eigenvalue weighted by molar-refractivity contribution is 9.10. The van der Waals surface area contributed by atoms with Crippen LogP contribution in [-0.2, 0) is 4.74 Å². The Morgan fingerprint density at radius 2 is 2.22 bits per heavy atom. The molecule has 0 aromatic heterocycles. The summed E-state index contributed by atoms with van der Waals surface area (Å²) in [6, 6.07) is 5.01. The van der Waals surface area contributed by atoms with E-state index in [9.17, 15) is 9.90 Å². The van der Waals surface area contributed by atoms with Gasteiger partial charge in [0, 0.05) is 36.4 Å². The Balaban J connectivity index is 2.74. The number of nitrogen functional groups attached to an aromatic ring is 1. The van der Waals surface area contributed by atoms with E-state index in [-0.39, 0.29) is 19.1 Å². The van der Waals surface area contributed by atoms with Crippen LogP contribution in [-0.4, -0.2) is 49.3 Å². The van der Waals surface area contributed by atoms with Crippen LogP contribution in [0.3, 0.4) is 0 Å². The zero-order valence-electron chi connectivity index (χ0n) is 10.4. The maximum absolute atomic E-state index is 12.1. The van der Waals surface area contributed by atoms with E-state index in [1.54, 1.807) is 25.2 Å². The lowest BCUT2D eigenvalue weighted by Gasteiger charge is -2.20. The monoisotopic (exact) mass is 316 g/mol. The Bertz CT molecular complexity index is 406. The standard InChI is InChI=1S/C12H17BrN2O3/c1-15(6-11(16)7-18-2)12(17)8-3-9(13)5-10(14)4-8/h3-5,11,16H,6-7,14H2,1-2H3. The van der Waals surface area contributed by atoms with Crippen molar-refractivity contribution in [2.24, 2.45) is 0 Å². The van der Waals surface area contributed by atoms with Gasteiger partial charge in [-0.25, -0.2) is 0 Å². The molecule has 1 atom stereocenters. The minimum absolute atomic E-state index is 0.193. The lowest BCUT2D eigenvalue weighted by molar-refractivity contribution is 0.0380. The molecule has 0 fully saturated rings. The zero-order valence-corrected chi connectivity index (χ0v) is 12.0. The number of ether oxygens (including phenoxy) is 1. The first-order chi connectivity index (χ1) is 8.43. The molecule has 5 nitrogen and oxygen atoms in total. The van der Waals surface area contributed by atoms with E-state index in [1.165, 1.54) is 12.0 Å². The second-order valence-corrected chi connectivity index (χ2v) is 4.98. The summed E-state index contributed by atoms with van der Waals surface area (Å²) in [6.45, 7) is 0.400. The molecular formula is C12H17BrN2O3. The summed E-state index contributed by atoms with van der Waals surface area (Å²) in [4.78, 5) is 13.5. The smallest absolute Gasteiger partial charge is 0.253 e. The molecular weight excluding hydrogens is 300 g/mol. The third-order valence-corrected chi connectivity index (χ3v) is 2.82. The summed E-state index contributed by atoms with van der Waals surface area (Å²) in [6.07, 6.45) is -0.701. The fraction of sp³-hybridized carbons (Fsp3) is 0.417. The fourth-order valence-electron chi connectivity index (χ4n) is 1.60. The highest BCUT2D eigenvalue weighted by Gasteiger charge is 2.16. The van der Waals surface area contributed by atoms with E-state index >= 15 is 0 Å². The molecule has 0 radical (unpaired) electrons. The van der Waals surface area contributed by atoms with Crippen LogP contribution in [0, 0.1) is 0 Å². The van der Waals surface area contributed by atoms with Gasteiger partial charge in [-0.3, -0.25) is 4.79 Å². The molecule has 0 saturated heterocycles. The van der Waals surface area contributed by atoms with Gasteiger partial charge in [-0.15, -0.1) is 0 Å². The third-order valence-electron chi connectivity index (χ3n) is 2.36. The number of carbonyl (C=O) groups excluding carboxylic acids is 1. The second kappa shape index (κ2) is 6.72. The van der Waals surface area contributed by atoms with Crippen molar-refractivity contribution in [2.75, 3.05) is 33.0 Å². The maximum atomic E-state index is 12.1. The first-order valence-corrected chi connectivity index (χ1v) is 6.22. The van der Waals surface area contributed by atoms with Gasteiger partial charge in [0.2, 0.25) is 0 Å². The second-order valence-electron chi connectivity index (χ2n) is 4.07. The van der Waals surface area contributed by atoms with Gasteiger partial charge in [0.05, 0.1) is 12.7 Å². The van der Waals surface area contributed by atoms with Gasteiger partial charge in [-0.2, -0.15) is 0 Å². The Morgan fingerprint density at radius 1 is 1.56 bits per heavy atom. The van der Waals surface area contributed by atoms with Crippen molar-refractivity contribution in [2.45, 2.75) is 6.10 Å². The molecule has 0 saturated carbocycles. The van der Waals surface area contributed by atoms with Gasteiger partial charge in [-0.1, -0.05) is 15.9 Å². The minimum Gasteiger partial charge on any atom is -0.399 e. The van der Waals surface area contributed by atoms with Crippen LogP contribution < -0.4 is 5.73 Å². The van der Waals surface area contributed by atoms with Crippen LogP contribution in [0.15, 0.2) is 22.7 Å². The summed E-state index contributed by atoms with van der Waals surface area (Å²) in [7, 11) is 3.12. The first kappa shape index (κ1) is 14.9. The number of rotatable bonds is 5. The summed E-state index contributed by atoms with van der Waals surface area (Å²) >= 11 is 3.29. The Morgan fingerprint density at radius 3 is 2.78 bits per heavy atom. The predicted octanol–water partition coefficient (Wildman–Crippen LogP) is 1.11. The number of carbonyl (C=O) groups is 1. The van der Waals surface area contributed by atoms with E-state index < -0.39 is 6.10 Å². The first-order valence-electron chi connectivity index (χ1n) is 5.42. The normalized spacial score (nSPS) is 12.2. The number of methoxy groups -OCH3 is 1. The zero-order chi connectivity index (χ0) is 13.7. The average molecular weight is 317 g/mol. The van der Waals surface area contributed by atoms with Gasteiger partial charge in [-0.05, 0) is 18.2 Å². The molecule has 0 aliphatic carbocycles.